The van der Waals surface area contributed by atoms with E-state index in [4.69, 9.17) is 0 Å². The summed E-state index contributed by atoms with van der Waals surface area (Å²) >= 11 is 2.83. The van der Waals surface area contributed by atoms with Gasteiger partial charge in [0, 0.05) is 10.9 Å². The molecular weight excluding hydrogens is 280 g/mol. The molecule has 1 aliphatic rings. The van der Waals surface area contributed by atoms with Crippen molar-refractivity contribution in [1.82, 2.24) is 10.6 Å². The minimum Gasteiger partial charge on any atom is -0.327 e. The Morgan fingerprint density at radius 3 is 2.79 bits per heavy atom. The number of rotatable bonds is 3. The van der Waals surface area contributed by atoms with Crippen LogP contribution in [0.4, 0.5) is 4.79 Å². The third-order valence-electron chi connectivity index (χ3n) is 2.71. The van der Waals surface area contributed by atoms with Crippen LogP contribution in [0, 0.1) is 0 Å². The maximum atomic E-state index is 12.3. The predicted molar refractivity (Wildman–Crippen MR) is 79.2 cm³/mol. The summed E-state index contributed by atoms with van der Waals surface area (Å²) in [4.78, 5) is 23.9. The summed E-state index contributed by atoms with van der Waals surface area (Å²) in [5.41, 5.74) is 2.22. The van der Waals surface area contributed by atoms with Gasteiger partial charge in [-0.05, 0) is 29.3 Å². The van der Waals surface area contributed by atoms with Gasteiger partial charge >= 0.3 is 6.03 Å². The van der Waals surface area contributed by atoms with Gasteiger partial charge in [-0.25, -0.2) is 4.79 Å². The highest BCUT2D eigenvalue weighted by atomic mass is 32.2. The fourth-order valence-corrected chi connectivity index (χ4v) is 3.44. The van der Waals surface area contributed by atoms with Gasteiger partial charge in [-0.1, -0.05) is 25.6 Å². The first kappa shape index (κ1) is 14.1. The van der Waals surface area contributed by atoms with E-state index in [0.717, 1.165) is 5.56 Å². The largest absolute Gasteiger partial charge is 0.327 e. The van der Waals surface area contributed by atoms with Crippen LogP contribution >= 0.6 is 23.1 Å². The zero-order valence-corrected chi connectivity index (χ0v) is 12.7. The van der Waals surface area contributed by atoms with Crippen LogP contribution in [0.5, 0.6) is 0 Å². The zero-order chi connectivity index (χ0) is 14.0. The van der Waals surface area contributed by atoms with Crippen LogP contribution in [0.1, 0.15) is 32.4 Å². The summed E-state index contributed by atoms with van der Waals surface area (Å²) in [5, 5.41) is 9.62. The first-order chi connectivity index (χ1) is 8.99. The molecule has 2 N–H and O–H groups in total. The van der Waals surface area contributed by atoms with Gasteiger partial charge in [0.25, 0.3) is 0 Å². The molecule has 0 aliphatic carbocycles. The summed E-state index contributed by atoms with van der Waals surface area (Å²) in [6.45, 7) is 5.73. The molecule has 1 aromatic rings. The van der Waals surface area contributed by atoms with E-state index >= 15 is 0 Å². The van der Waals surface area contributed by atoms with Crippen molar-refractivity contribution in [2.45, 2.75) is 32.1 Å². The molecule has 0 aromatic carbocycles. The van der Waals surface area contributed by atoms with Gasteiger partial charge in [-0.2, -0.15) is 11.3 Å². The van der Waals surface area contributed by atoms with Crippen LogP contribution in [0.15, 0.2) is 28.1 Å². The molecule has 2 heterocycles. The molecule has 1 aliphatic heterocycles. The Kier molecular flexibility index (Phi) is 4.31. The maximum Gasteiger partial charge on any atom is 0.319 e. The van der Waals surface area contributed by atoms with E-state index in [9.17, 15) is 9.59 Å². The van der Waals surface area contributed by atoms with Crippen molar-refractivity contribution in [3.05, 3.63) is 33.7 Å². The molecule has 19 heavy (non-hydrogen) atoms. The average molecular weight is 296 g/mol. The van der Waals surface area contributed by atoms with Crippen LogP contribution in [0.25, 0.3) is 0 Å². The molecule has 1 aromatic heterocycles. The number of carbonyl (C=O) groups is 2. The maximum absolute atomic E-state index is 12.3. The highest BCUT2D eigenvalue weighted by Crippen LogP contribution is 2.32. The van der Waals surface area contributed by atoms with Gasteiger partial charge in [0.15, 0.2) is 0 Å². The summed E-state index contributed by atoms with van der Waals surface area (Å²) < 4.78 is 0. The van der Waals surface area contributed by atoms with E-state index in [0.29, 0.717) is 11.3 Å². The third kappa shape index (κ3) is 3.19. The van der Waals surface area contributed by atoms with Crippen molar-refractivity contribution >= 4 is 34.2 Å². The van der Waals surface area contributed by atoms with Crippen LogP contribution < -0.4 is 10.6 Å². The van der Waals surface area contributed by atoms with Gasteiger partial charge in [0.2, 0.25) is 5.12 Å². The topological polar surface area (TPSA) is 58.2 Å². The number of hydrogen-bond donors (Lipinski definition) is 2. The average Bonchev–Trinajstić information content (AvgIpc) is 2.79. The second kappa shape index (κ2) is 5.79. The van der Waals surface area contributed by atoms with Crippen molar-refractivity contribution in [3.8, 4) is 0 Å². The fraction of sp³-hybridized carbons (Fsp3) is 0.385. The highest BCUT2D eigenvalue weighted by Gasteiger charge is 2.31. The molecule has 102 valence electrons. The number of hydrogen-bond acceptors (Lipinski definition) is 4. The molecule has 1 unspecified atom stereocenters. The standard InChI is InChI=1S/C13H16N2O2S2/c1-7(2)19-12(16)10-8(3)14-13(17)15-11(10)9-4-5-18-6-9/h4-7,11H,1-3H3,(H2,14,15,17). The number of thioether (sulfide) groups is 1. The normalized spacial score (nSPS) is 19.4. The molecule has 2 rings (SSSR count). The lowest BCUT2D eigenvalue weighted by molar-refractivity contribution is -0.108. The van der Waals surface area contributed by atoms with Gasteiger partial charge < -0.3 is 10.6 Å². The minimum atomic E-state index is -0.348. The summed E-state index contributed by atoms with van der Waals surface area (Å²) in [6.07, 6.45) is 0. The van der Waals surface area contributed by atoms with E-state index in [2.05, 4.69) is 10.6 Å². The number of thiophene rings is 1. The molecule has 2 amide bonds. The number of nitrogens with one attached hydrogen (secondary N) is 2. The number of carbonyl (C=O) groups excluding carboxylic acids is 2. The molecule has 0 spiro atoms. The summed E-state index contributed by atoms with van der Waals surface area (Å²) in [5.74, 6) is 0. The minimum absolute atomic E-state index is 0.0104. The van der Waals surface area contributed by atoms with E-state index in [1.165, 1.54) is 11.8 Å². The Morgan fingerprint density at radius 2 is 2.21 bits per heavy atom. The Morgan fingerprint density at radius 1 is 1.47 bits per heavy atom. The van der Waals surface area contributed by atoms with Gasteiger partial charge in [-0.15, -0.1) is 0 Å². The molecule has 4 nitrogen and oxygen atoms in total. The lowest BCUT2D eigenvalue weighted by Crippen LogP contribution is -2.44. The molecule has 0 saturated carbocycles. The number of amides is 2. The molecule has 0 radical (unpaired) electrons. The molecule has 0 bridgehead atoms. The molecule has 6 heteroatoms. The predicted octanol–water partition coefficient (Wildman–Crippen LogP) is 3.04. The second-order valence-electron chi connectivity index (χ2n) is 4.58. The van der Waals surface area contributed by atoms with Crippen LogP contribution in [-0.4, -0.2) is 16.4 Å². The number of urea groups is 1. The van der Waals surface area contributed by atoms with Gasteiger partial charge in [0.1, 0.15) is 0 Å². The van der Waals surface area contributed by atoms with Crippen LogP contribution in [0.3, 0.4) is 0 Å². The quantitative estimate of drug-likeness (QED) is 0.901. The number of allylic oxidation sites excluding steroid dienone is 1. The lowest BCUT2D eigenvalue weighted by atomic mass is 9.99. The Labute approximate surface area is 120 Å². The smallest absolute Gasteiger partial charge is 0.319 e. The zero-order valence-electron chi connectivity index (χ0n) is 11.0. The van der Waals surface area contributed by atoms with E-state index in [1.54, 1.807) is 18.3 Å². The Hall–Kier alpha value is -1.27. The van der Waals surface area contributed by atoms with Crippen molar-refractivity contribution < 1.29 is 9.59 Å². The SMILES string of the molecule is CC1=C(C(=O)SC(C)C)C(c2ccsc2)NC(=O)N1. The third-order valence-corrected chi connectivity index (χ3v) is 4.32. The molecule has 1 atom stereocenters. The summed E-state index contributed by atoms with van der Waals surface area (Å²) in [6, 6.07) is 1.32. The van der Waals surface area contributed by atoms with Crippen molar-refractivity contribution in [3.63, 3.8) is 0 Å². The van der Waals surface area contributed by atoms with E-state index in [-0.39, 0.29) is 22.4 Å². The molecular formula is C13H16N2O2S2. The Balaban J connectivity index is 2.36. The first-order valence-corrected chi connectivity index (χ1v) is 7.82. The van der Waals surface area contributed by atoms with E-state index in [1.807, 2.05) is 30.7 Å². The van der Waals surface area contributed by atoms with Gasteiger partial charge in [-0.3, -0.25) is 4.79 Å². The fourth-order valence-electron chi connectivity index (χ4n) is 1.93. The monoisotopic (exact) mass is 296 g/mol. The van der Waals surface area contributed by atoms with E-state index < -0.39 is 0 Å². The van der Waals surface area contributed by atoms with Gasteiger partial charge in [0.05, 0.1) is 11.6 Å². The second-order valence-corrected chi connectivity index (χ2v) is 6.91. The van der Waals surface area contributed by atoms with Crippen LogP contribution in [0.2, 0.25) is 0 Å². The highest BCUT2D eigenvalue weighted by molar-refractivity contribution is 8.14. The molecule has 0 fully saturated rings. The lowest BCUT2D eigenvalue weighted by Gasteiger charge is -2.27. The summed E-state index contributed by atoms with van der Waals surface area (Å²) in [7, 11) is 0. The van der Waals surface area contributed by atoms with Crippen molar-refractivity contribution in [1.29, 1.82) is 0 Å². The van der Waals surface area contributed by atoms with Crippen LogP contribution in [-0.2, 0) is 4.79 Å². The Bertz CT molecular complexity index is 521. The van der Waals surface area contributed by atoms with Crippen molar-refractivity contribution in [2.24, 2.45) is 0 Å². The van der Waals surface area contributed by atoms with Crippen molar-refractivity contribution in [2.75, 3.05) is 0 Å². The molecule has 0 saturated heterocycles. The first-order valence-electron chi connectivity index (χ1n) is 6.00.